The van der Waals surface area contributed by atoms with Gasteiger partial charge in [0, 0.05) is 17.8 Å². The Morgan fingerprint density at radius 1 is 1.38 bits per heavy atom. The predicted molar refractivity (Wildman–Crippen MR) is 78.8 cm³/mol. The van der Waals surface area contributed by atoms with Crippen LogP contribution >= 0.6 is 0 Å². The van der Waals surface area contributed by atoms with Gasteiger partial charge in [-0.1, -0.05) is 0 Å². The lowest BCUT2D eigenvalue weighted by Gasteiger charge is -2.14. The van der Waals surface area contributed by atoms with E-state index in [1.54, 1.807) is 0 Å². The van der Waals surface area contributed by atoms with Gasteiger partial charge in [-0.3, -0.25) is 4.68 Å². The van der Waals surface area contributed by atoms with Crippen molar-refractivity contribution in [3.63, 3.8) is 0 Å². The van der Waals surface area contributed by atoms with Gasteiger partial charge in [0.25, 0.3) is 0 Å². The van der Waals surface area contributed by atoms with Gasteiger partial charge in [-0.05, 0) is 20.3 Å². The Kier molecular flexibility index (Phi) is 5.03. The molecule has 0 bridgehead atoms. The first kappa shape index (κ1) is 16.4. The second-order valence-corrected chi connectivity index (χ2v) is 7.82. The summed E-state index contributed by atoms with van der Waals surface area (Å²) in [4.78, 5) is 0. The van der Waals surface area contributed by atoms with Crippen LogP contribution in [0.2, 0.25) is 0 Å². The SMILES string of the molecule is Cc1nn(C2CCS(=O)(=O)C2)c(C)c1CNC(CO)CO. The Hall–Kier alpha value is -0.960. The van der Waals surface area contributed by atoms with E-state index in [4.69, 9.17) is 10.2 Å². The molecule has 7 nitrogen and oxygen atoms in total. The minimum atomic E-state index is -2.94. The number of aromatic nitrogens is 2. The third-order valence-corrected chi connectivity index (χ3v) is 5.79. The second kappa shape index (κ2) is 6.43. The zero-order valence-corrected chi connectivity index (χ0v) is 13.2. The zero-order chi connectivity index (χ0) is 15.6. The van der Waals surface area contributed by atoms with Gasteiger partial charge < -0.3 is 15.5 Å². The first-order valence-electron chi connectivity index (χ1n) is 7.08. The Morgan fingerprint density at radius 3 is 2.57 bits per heavy atom. The monoisotopic (exact) mass is 317 g/mol. The fourth-order valence-electron chi connectivity index (χ4n) is 2.71. The minimum absolute atomic E-state index is 0.0890. The molecule has 0 amide bonds. The van der Waals surface area contributed by atoms with Gasteiger partial charge in [-0.15, -0.1) is 0 Å². The maximum absolute atomic E-state index is 11.6. The number of aliphatic hydroxyl groups is 2. The van der Waals surface area contributed by atoms with Crippen molar-refractivity contribution in [2.45, 2.75) is 38.9 Å². The fraction of sp³-hybridized carbons (Fsp3) is 0.769. The van der Waals surface area contributed by atoms with E-state index in [1.807, 2.05) is 18.5 Å². The molecule has 0 radical (unpaired) electrons. The Morgan fingerprint density at radius 2 is 2.05 bits per heavy atom. The zero-order valence-electron chi connectivity index (χ0n) is 12.4. The number of nitrogens with zero attached hydrogens (tertiary/aromatic N) is 2. The van der Waals surface area contributed by atoms with E-state index in [0.717, 1.165) is 17.0 Å². The van der Waals surface area contributed by atoms with Gasteiger partial charge in [0.1, 0.15) is 0 Å². The molecule has 1 aromatic rings. The van der Waals surface area contributed by atoms with Gasteiger partial charge >= 0.3 is 0 Å². The molecule has 1 unspecified atom stereocenters. The standard InChI is InChI=1S/C13H23N3O4S/c1-9-13(5-14-11(6-17)7-18)10(2)16(15-9)12-3-4-21(19,20)8-12/h11-12,14,17-18H,3-8H2,1-2H3. The van der Waals surface area contributed by atoms with E-state index < -0.39 is 9.84 Å². The summed E-state index contributed by atoms with van der Waals surface area (Å²) in [6.45, 7) is 4.03. The van der Waals surface area contributed by atoms with E-state index in [9.17, 15) is 8.42 Å². The molecule has 2 rings (SSSR count). The lowest BCUT2D eigenvalue weighted by molar-refractivity contribution is 0.170. The lowest BCUT2D eigenvalue weighted by Crippen LogP contribution is -2.35. The quantitative estimate of drug-likeness (QED) is 0.641. The number of hydrogen-bond acceptors (Lipinski definition) is 6. The van der Waals surface area contributed by atoms with Gasteiger partial charge in [0.05, 0.1) is 42.5 Å². The smallest absolute Gasteiger partial charge is 0.152 e. The third kappa shape index (κ3) is 3.63. The number of aryl methyl sites for hydroxylation is 1. The Balaban J connectivity index is 2.14. The summed E-state index contributed by atoms with van der Waals surface area (Å²) in [6.07, 6.45) is 0.604. The van der Waals surface area contributed by atoms with Crippen LogP contribution in [0, 0.1) is 13.8 Å². The average Bonchev–Trinajstić information content (AvgIpc) is 2.92. The van der Waals surface area contributed by atoms with E-state index in [1.165, 1.54) is 0 Å². The highest BCUT2D eigenvalue weighted by Gasteiger charge is 2.31. The molecule has 120 valence electrons. The highest BCUT2D eigenvalue weighted by atomic mass is 32.2. The molecule has 1 fully saturated rings. The van der Waals surface area contributed by atoms with E-state index in [2.05, 4.69) is 10.4 Å². The lowest BCUT2D eigenvalue weighted by atomic mass is 10.1. The molecule has 1 atom stereocenters. The van der Waals surface area contributed by atoms with Crippen LogP contribution in [-0.2, 0) is 16.4 Å². The molecule has 1 aliphatic heterocycles. The first-order chi connectivity index (χ1) is 9.88. The van der Waals surface area contributed by atoms with Crippen molar-refractivity contribution in [2.75, 3.05) is 24.7 Å². The van der Waals surface area contributed by atoms with Crippen LogP contribution in [0.1, 0.15) is 29.4 Å². The van der Waals surface area contributed by atoms with Crippen molar-refractivity contribution in [3.05, 3.63) is 17.0 Å². The summed E-state index contributed by atoms with van der Waals surface area (Å²) in [5.41, 5.74) is 2.78. The molecule has 1 aromatic heterocycles. The fourth-order valence-corrected chi connectivity index (χ4v) is 4.40. The molecule has 2 heterocycles. The van der Waals surface area contributed by atoms with E-state index >= 15 is 0 Å². The van der Waals surface area contributed by atoms with Crippen molar-refractivity contribution < 1.29 is 18.6 Å². The molecule has 3 N–H and O–H groups in total. The molecule has 0 saturated carbocycles. The van der Waals surface area contributed by atoms with Gasteiger partial charge in [0.15, 0.2) is 9.84 Å². The second-order valence-electron chi connectivity index (χ2n) is 5.59. The molecular weight excluding hydrogens is 294 g/mol. The van der Waals surface area contributed by atoms with Crippen LogP contribution < -0.4 is 5.32 Å². The van der Waals surface area contributed by atoms with Crippen molar-refractivity contribution in [3.8, 4) is 0 Å². The maximum Gasteiger partial charge on any atom is 0.152 e. The summed E-state index contributed by atoms with van der Waals surface area (Å²) >= 11 is 0. The number of nitrogens with one attached hydrogen (secondary N) is 1. The van der Waals surface area contributed by atoms with Gasteiger partial charge in [0.2, 0.25) is 0 Å². The Bertz CT molecular complexity index is 593. The van der Waals surface area contributed by atoms with Crippen molar-refractivity contribution >= 4 is 9.84 Å². The molecule has 1 aliphatic rings. The molecule has 0 spiro atoms. The predicted octanol–water partition coefficient (Wildman–Crippen LogP) is -0.698. The summed E-state index contributed by atoms with van der Waals surface area (Å²) in [6, 6.07) is -0.451. The van der Waals surface area contributed by atoms with E-state index in [-0.39, 0.29) is 36.8 Å². The first-order valence-corrected chi connectivity index (χ1v) is 8.90. The molecule has 21 heavy (non-hydrogen) atoms. The van der Waals surface area contributed by atoms with E-state index in [0.29, 0.717) is 13.0 Å². The number of hydrogen-bond donors (Lipinski definition) is 3. The van der Waals surface area contributed by atoms with Crippen molar-refractivity contribution in [1.82, 2.24) is 15.1 Å². The van der Waals surface area contributed by atoms with Crippen LogP contribution in [0.25, 0.3) is 0 Å². The average molecular weight is 317 g/mol. The van der Waals surface area contributed by atoms with Gasteiger partial charge in [-0.25, -0.2) is 8.42 Å². The van der Waals surface area contributed by atoms with Gasteiger partial charge in [-0.2, -0.15) is 5.10 Å². The van der Waals surface area contributed by atoms with Crippen LogP contribution in [0.15, 0.2) is 0 Å². The summed E-state index contributed by atoms with van der Waals surface area (Å²) in [5.74, 6) is 0.373. The number of aliphatic hydroxyl groups excluding tert-OH is 2. The highest BCUT2D eigenvalue weighted by molar-refractivity contribution is 7.91. The molecule has 0 aromatic carbocycles. The van der Waals surface area contributed by atoms with Crippen LogP contribution in [-0.4, -0.2) is 59.2 Å². The number of rotatable bonds is 6. The molecule has 0 aliphatic carbocycles. The van der Waals surface area contributed by atoms with Crippen molar-refractivity contribution in [1.29, 1.82) is 0 Å². The highest BCUT2D eigenvalue weighted by Crippen LogP contribution is 2.26. The summed E-state index contributed by atoms with van der Waals surface area (Å²) < 4.78 is 25.0. The third-order valence-electron chi connectivity index (χ3n) is 4.04. The van der Waals surface area contributed by atoms with Crippen LogP contribution in [0.3, 0.4) is 0 Å². The van der Waals surface area contributed by atoms with Crippen LogP contribution in [0.4, 0.5) is 0 Å². The molecule has 8 heteroatoms. The number of sulfone groups is 1. The maximum atomic E-state index is 11.6. The molecule has 1 saturated heterocycles. The topological polar surface area (TPSA) is 104 Å². The Labute approximate surface area is 124 Å². The minimum Gasteiger partial charge on any atom is -0.395 e. The largest absolute Gasteiger partial charge is 0.395 e. The summed E-state index contributed by atoms with van der Waals surface area (Å²) in [7, 11) is -2.94. The van der Waals surface area contributed by atoms with Crippen molar-refractivity contribution in [2.24, 2.45) is 0 Å². The molecular formula is C13H23N3O4S. The summed E-state index contributed by atoms with van der Waals surface area (Å²) in [5, 5.41) is 25.7. The normalized spacial score (nSPS) is 21.3. The van der Waals surface area contributed by atoms with Crippen LogP contribution in [0.5, 0.6) is 0 Å².